The van der Waals surface area contributed by atoms with Crippen molar-refractivity contribution >= 4 is 38.2 Å². The quantitative estimate of drug-likeness (QED) is 0.121. The summed E-state index contributed by atoms with van der Waals surface area (Å²) in [5.41, 5.74) is 0. The van der Waals surface area contributed by atoms with E-state index in [0.29, 0.717) is 16.8 Å². The molecule has 7 nitrogen and oxygen atoms in total. The maximum absolute atomic E-state index is 11.9. The van der Waals surface area contributed by atoms with Crippen LogP contribution in [0.5, 0.6) is 0 Å². The van der Waals surface area contributed by atoms with Crippen LogP contribution in [0.1, 0.15) is 32.6 Å². The minimum absolute atomic E-state index is 0.0486. The fourth-order valence-corrected chi connectivity index (χ4v) is 3.86. The number of carbonyl (C=O) groups excluding carboxylic acids is 1. The van der Waals surface area contributed by atoms with E-state index in [9.17, 15) is 14.3 Å². The normalized spacial score (nSPS) is 15.3. The van der Waals surface area contributed by atoms with E-state index < -0.39 is 7.82 Å². The summed E-state index contributed by atoms with van der Waals surface area (Å²) in [6.45, 7) is 2.05. The number of nitrogens with zero attached hydrogens (tertiary/aromatic N) is 1. The number of ether oxygens (including phenoxy) is 1. The van der Waals surface area contributed by atoms with Gasteiger partial charge in [0, 0.05) is 5.75 Å². The zero-order valence-corrected chi connectivity index (χ0v) is 19.7. The van der Waals surface area contributed by atoms with Crippen LogP contribution >= 0.6 is 32.2 Å². The molecular weight excluding hydrogens is 409 g/mol. The van der Waals surface area contributed by atoms with E-state index in [1.165, 1.54) is 12.8 Å². The van der Waals surface area contributed by atoms with Crippen molar-refractivity contribution in [1.29, 1.82) is 0 Å². The van der Waals surface area contributed by atoms with Crippen LogP contribution in [0.25, 0.3) is 0 Å². The van der Waals surface area contributed by atoms with Crippen LogP contribution in [0.4, 0.5) is 0 Å². The molecule has 162 valence electrons. The van der Waals surface area contributed by atoms with E-state index in [-0.39, 0.29) is 31.7 Å². The number of phosphoric acid groups is 1. The molecule has 27 heavy (non-hydrogen) atoms. The second kappa shape index (κ2) is 15.1. The molecule has 0 aliphatic rings. The van der Waals surface area contributed by atoms with Crippen molar-refractivity contribution in [3.05, 3.63) is 0 Å². The van der Waals surface area contributed by atoms with Gasteiger partial charge in [0.05, 0.1) is 33.7 Å². The highest BCUT2D eigenvalue weighted by molar-refractivity contribution is 7.99. The first-order valence-electron chi connectivity index (χ1n) is 9.33. The molecule has 2 unspecified atom stereocenters. The van der Waals surface area contributed by atoms with E-state index in [4.69, 9.17) is 13.8 Å². The van der Waals surface area contributed by atoms with Gasteiger partial charge >= 0.3 is 5.97 Å². The average molecular weight is 446 g/mol. The Hall–Kier alpha value is 0.240. The number of thioether (sulfide) groups is 1. The van der Waals surface area contributed by atoms with Crippen molar-refractivity contribution in [3.8, 4) is 0 Å². The lowest BCUT2D eigenvalue weighted by Crippen LogP contribution is -2.37. The van der Waals surface area contributed by atoms with E-state index in [2.05, 4.69) is 12.6 Å². The van der Waals surface area contributed by atoms with Gasteiger partial charge in [-0.25, -0.2) is 0 Å². The van der Waals surface area contributed by atoms with Gasteiger partial charge in [0.1, 0.15) is 19.8 Å². The highest BCUT2D eigenvalue weighted by atomic mass is 32.2. The number of esters is 1. The molecule has 0 heterocycles. The van der Waals surface area contributed by atoms with Crippen molar-refractivity contribution in [1.82, 2.24) is 0 Å². The lowest BCUT2D eigenvalue weighted by atomic mass is 10.2. The summed E-state index contributed by atoms with van der Waals surface area (Å²) < 4.78 is 26.7. The zero-order chi connectivity index (χ0) is 20.8. The Morgan fingerprint density at radius 2 is 1.74 bits per heavy atom. The second-order valence-corrected chi connectivity index (χ2v) is 10.4. The number of hydrogen-bond acceptors (Lipinski definition) is 8. The molecular formula is C17H36NO6PS2. The van der Waals surface area contributed by atoms with Gasteiger partial charge in [0.2, 0.25) is 0 Å². The number of unbranched alkanes of at least 4 members (excludes halogenated alkanes) is 3. The van der Waals surface area contributed by atoms with Gasteiger partial charge in [0.25, 0.3) is 7.82 Å². The number of thiol groups is 1. The van der Waals surface area contributed by atoms with Crippen molar-refractivity contribution < 1.29 is 32.5 Å². The first-order chi connectivity index (χ1) is 12.6. The van der Waals surface area contributed by atoms with E-state index in [0.717, 1.165) is 24.3 Å². The molecule has 0 saturated carbocycles. The molecule has 0 aromatic carbocycles. The Morgan fingerprint density at radius 1 is 1.11 bits per heavy atom. The molecule has 0 bridgehead atoms. The number of quaternary nitrogens is 1. The van der Waals surface area contributed by atoms with Crippen LogP contribution in [-0.4, -0.2) is 75.2 Å². The maximum atomic E-state index is 11.9. The predicted octanol–water partition coefficient (Wildman–Crippen LogP) is 2.60. The molecule has 0 radical (unpaired) electrons. The zero-order valence-electron chi connectivity index (χ0n) is 17.1. The minimum Gasteiger partial charge on any atom is -0.756 e. The standard InChI is InChI=1S/C17H36NO6PS2/c1-16(15-27-14-8-6-5-7-13-26)17(19)22-11-12-24-25(20,21)23-10-9-18(2,3)4/h16H,5-15H2,1-4H3,(H-,20,21,26). The summed E-state index contributed by atoms with van der Waals surface area (Å²) in [4.78, 5) is 23.5. The van der Waals surface area contributed by atoms with Crippen molar-refractivity contribution in [2.24, 2.45) is 5.92 Å². The third-order valence-corrected chi connectivity index (χ3v) is 6.18. The van der Waals surface area contributed by atoms with Gasteiger partial charge in [-0.2, -0.15) is 24.4 Å². The molecule has 0 aromatic heterocycles. The summed E-state index contributed by atoms with van der Waals surface area (Å²) in [6, 6.07) is 0. The molecule has 10 heteroatoms. The first-order valence-corrected chi connectivity index (χ1v) is 12.6. The van der Waals surface area contributed by atoms with E-state index in [1.807, 2.05) is 28.1 Å². The largest absolute Gasteiger partial charge is 0.756 e. The van der Waals surface area contributed by atoms with Crippen LogP contribution in [0, 0.1) is 5.92 Å². The van der Waals surface area contributed by atoms with Gasteiger partial charge in [-0.05, 0) is 24.3 Å². The molecule has 0 aliphatic carbocycles. The Morgan fingerprint density at radius 3 is 2.37 bits per heavy atom. The van der Waals surface area contributed by atoms with Crippen LogP contribution in [-0.2, 0) is 23.1 Å². The maximum Gasteiger partial charge on any atom is 0.309 e. The summed E-state index contributed by atoms with van der Waals surface area (Å²) >= 11 is 5.92. The fraction of sp³-hybridized carbons (Fsp3) is 0.941. The minimum atomic E-state index is -4.36. The Bertz CT molecular complexity index is 448. The second-order valence-electron chi connectivity index (χ2n) is 7.41. The molecule has 0 aliphatic heterocycles. The Kier molecular flexibility index (Phi) is 15.3. The van der Waals surface area contributed by atoms with Crippen molar-refractivity contribution in [2.75, 3.05) is 64.8 Å². The SMILES string of the molecule is CC(CSCCCCCCS)C(=O)OCCOP(=O)([O-])OCC[N+](C)(C)C. The van der Waals surface area contributed by atoms with Crippen LogP contribution in [0.2, 0.25) is 0 Å². The predicted molar refractivity (Wildman–Crippen MR) is 112 cm³/mol. The third-order valence-electron chi connectivity index (χ3n) is 3.56. The van der Waals surface area contributed by atoms with Crippen LogP contribution in [0.3, 0.4) is 0 Å². The third kappa shape index (κ3) is 18.0. The van der Waals surface area contributed by atoms with Gasteiger partial charge < -0.3 is 23.2 Å². The van der Waals surface area contributed by atoms with Crippen LogP contribution in [0.15, 0.2) is 0 Å². The smallest absolute Gasteiger partial charge is 0.309 e. The fourth-order valence-electron chi connectivity index (χ4n) is 1.89. The van der Waals surface area contributed by atoms with Crippen molar-refractivity contribution in [3.63, 3.8) is 0 Å². The Balaban J connectivity index is 3.74. The van der Waals surface area contributed by atoms with Crippen LogP contribution < -0.4 is 4.89 Å². The molecule has 0 spiro atoms. The molecule has 0 saturated heterocycles. The summed E-state index contributed by atoms with van der Waals surface area (Å²) in [7, 11) is 1.44. The van der Waals surface area contributed by atoms with E-state index in [1.54, 1.807) is 11.8 Å². The molecule has 0 aromatic rings. The average Bonchev–Trinajstić information content (AvgIpc) is 2.56. The summed E-state index contributed by atoms with van der Waals surface area (Å²) in [5, 5.41) is 0. The highest BCUT2D eigenvalue weighted by Crippen LogP contribution is 2.37. The molecule has 0 amide bonds. The monoisotopic (exact) mass is 445 g/mol. The summed E-state index contributed by atoms with van der Waals surface area (Å²) in [5.74, 6) is 2.09. The highest BCUT2D eigenvalue weighted by Gasteiger charge is 2.16. The van der Waals surface area contributed by atoms with Gasteiger partial charge in [-0.1, -0.05) is 19.8 Å². The number of phosphoric ester groups is 1. The molecule has 0 fully saturated rings. The topological polar surface area (TPSA) is 84.9 Å². The lowest BCUT2D eigenvalue weighted by Gasteiger charge is -2.27. The molecule has 0 N–H and O–H groups in total. The lowest BCUT2D eigenvalue weighted by molar-refractivity contribution is -0.870. The van der Waals surface area contributed by atoms with Gasteiger partial charge in [0.15, 0.2) is 0 Å². The number of rotatable bonds is 17. The van der Waals surface area contributed by atoms with Crippen molar-refractivity contribution in [2.45, 2.75) is 32.6 Å². The van der Waals surface area contributed by atoms with Gasteiger partial charge in [-0.15, -0.1) is 0 Å². The first kappa shape index (κ1) is 27.2. The number of carbonyl (C=O) groups is 1. The Labute approximate surface area is 174 Å². The summed E-state index contributed by atoms with van der Waals surface area (Å²) in [6.07, 6.45) is 4.68. The molecule has 0 rings (SSSR count). The van der Waals surface area contributed by atoms with E-state index >= 15 is 0 Å². The number of likely N-dealkylation sites (N-methyl/N-ethyl adjacent to an activating group) is 1. The number of hydrogen-bond donors (Lipinski definition) is 1. The van der Waals surface area contributed by atoms with Gasteiger partial charge in [-0.3, -0.25) is 9.36 Å². The molecule has 2 atom stereocenters.